The number of likely N-dealkylation sites (tertiary alicyclic amines) is 1. The summed E-state index contributed by atoms with van der Waals surface area (Å²) in [5, 5.41) is 4.05. The second kappa shape index (κ2) is 8.26. The molecule has 4 aliphatic heterocycles. The minimum Gasteiger partial charge on any atom is -0.380 e. The van der Waals surface area contributed by atoms with E-state index in [0.29, 0.717) is 56.9 Å². The van der Waals surface area contributed by atoms with Crippen LogP contribution in [-0.2, 0) is 20.9 Å². The van der Waals surface area contributed by atoms with Gasteiger partial charge in [-0.1, -0.05) is 5.16 Å². The fourth-order valence-corrected chi connectivity index (χ4v) is 5.96. The lowest BCUT2D eigenvalue weighted by molar-refractivity contribution is -0.165. The Kier molecular flexibility index (Phi) is 5.49. The number of ether oxygens (including phenoxy) is 1. The molecular formula is C21H31N5O4. The van der Waals surface area contributed by atoms with Crippen LogP contribution in [0.5, 0.6) is 0 Å². The summed E-state index contributed by atoms with van der Waals surface area (Å²) in [7, 11) is 0. The predicted octanol–water partition coefficient (Wildman–Crippen LogP) is 0.828. The number of carbonyl (C=O) groups excluding carboxylic acids is 2. The van der Waals surface area contributed by atoms with Crippen molar-refractivity contribution in [2.45, 2.75) is 57.7 Å². The normalized spacial score (nSPS) is 32.6. The summed E-state index contributed by atoms with van der Waals surface area (Å²) in [5.41, 5.74) is 0. The molecule has 0 radical (unpaired) electrons. The van der Waals surface area contributed by atoms with Gasteiger partial charge >= 0.3 is 0 Å². The standard InChI is InChI=1S/C21H31N5O4/c1-14-22-18(23-30-14)13-24-11-15-10-16(12-24)20(26-17(15)4-2-5-19(26)27)21(28)25-6-3-8-29-9-7-25/h15-17,20H,2-13H2,1H3/t15-,16+,17+,20-/m1/s1. The van der Waals surface area contributed by atoms with Gasteiger partial charge in [0.15, 0.2) is 5.82 Å². The van der Waals surface area contributed by atoms with Gasteiger partial charge in [-0.2, -0.15) is 4.98 Å². The second-order valence-electron chi connectivity index (χ2n) is 9.18. The van der Waals surface area contributed by atoms with Crippen LogP contribution in [0, 0.1) is 18.8 Å². The van der Waals surface area contributed by atoms with Crippen LogP contribution >= 0.6 is 0 Å². The molecule has 1 aromatic heterocycles. The summed E-state index contributed by atoms with van der Waals surface area (Å²) in [6.07, 6.45) is 4.34. The summed E-state index contributed by atoms with van der Waals surface area (Å²) in [4.78, 5) is 37.3. The van der Waals surface area contributed by atoms with Gasteiger partial charge in [-0.25, -0.2) is 0 Å². The van der Waals surface area contributed by atoms with E-state index < -0.39 is 0 Å². The average Bonchev–Trinajstić information content (AvgIpc) is 2.97. The molecule has 0 N–H and O–H groups in total. The third kappa shape index (κ3) is 3.73. The van der Waals surface area contributed by atoms with E-state index in [4.69, 9.17) is 9.26 Å². The monoisotopic (exact) mass is 417 g/mol. The highest BCUT2D eigenvalue weighted by Gasteiger charge is 2.52. The summed E-state index contributed by atoms with van der Waals surface area (Å²) >= 11 is 0. The molecular weight excluding hydrogens is 386 g/mol. The van der Waals surface area contributed by atoms with E-state index in [9.17, 15) is 9.59 Å². The number of amides is 2. The quantitative estimate of drug-likeness (QED) is 0.719. The molecule has 4 atom stereocenters. The highest BCUT2D eigenvalue weighted by molar-refractivity contribution is 5.89. The lowest BCUT2D eigenvalue weighted by Gasteiger charge is -2.56. The van der Waals surface area contributed by atoms with Crippen molar-refractivity contribution in [3.63, 3.8) is 0 Å². The van der Waals surface area contributed by atoms with Crippen LogP contribution in [0.1, 0.15) is 43.8 Å². The van der Waals surface area contributed by atoms with E-state index in [1.165, 1.54) is 0 Å². The Hall–Kier alpha value is -2.00. The van der Waals surface area contributed by atoms with Crippen molar-refractivity contribution in [3.8, 4) is 0 Å². The first-order valence-electron chi connectivity index (χ1n) is 11.3. The van der Waals surface area contributed by atoms with Crippen LogP contribution in [0.4, 0.5) is 0 Å². The molecule has 1 aromatic rings. The van der Waals surface area contributed by atoms with Crippen molar-refractivity contribution in [2.75, 3.05) is 39.4 Å². The fourth-order valence-electron chi connectivity index (χ4n) is 5.96. The fraction of sp³-hybridized carbons (Fsp3) is 0.810. The molecule has 2 bridgehead atoms. The van der Waals surface area contributed by atoms with Gasteiger partial charge < -0.3 is 19.1 Å². The highest BCUT2D eigenvalue weighted by atomic mass is 16.5. The number of carbonyl (C=O) groups is 2. The summed E-state index contributed by atoms with van der Waals surface area (Å²) < 4.78 is 10.7. The van der Waals surface area contributed by atoms with Gasteiger partial charge in [0.05, 0.1) is 13.2 Å². The minimum absolute atomic E-state index is 0.112. The number of hydrogen-bond donors (Lipinski definition) is 0. The SMILES string of the molecule is Cc1nc(CN2C[C@H]3C[C@@H](C2)[C@H](C(=O)N2CCCOCC2)N2C(=O)CCC[C@@H]32)no1. The molecule has 0 aromatic carbocycles. The van der Waals surface area contributed by atoms with Crippen molar-refractivity contribution in [1.82, 2.24) is 24.8 Å². The van der Waals surface area contributed by atoms with Crippen LogP contribution in [0.15, 0.2) is 4.52 Å². The molecule has 4 fully saturated rings. The lowest BCUT2D eigenvalue weighted by Crippen LogP contribution is -2.68. The van der Waals surface area contributed by atoms with Crippen LogP contribution < -0.4 is 0 Å². The molecule has 0 saturated carbocycles. The van der Waals surface area contributed by atoms with Crippen molar-refractivity contribution in [3.05, 3.63) is 11.7 Å². The van der Waals surface area contributed by atoms with E-state index in [2.05, 4.69) is 15.0 Å². The first-order valence-corrected chi connectivity index (χ1v) is 11.3. The second-order valence-corrected chi connectivity index (χ2v) is 9.18. The third-order valence-electron chi connectivity index (χ3n) is 7.14. The first-order chi connectivity index (χ1) is 14.6. The number of aryl methyl sites for hydroxylation is 1. The Labute approximate surface area is 176 Å². The third-order valence-corrected chi connectivity index (χ3v) is 7.14. The van der Waals surface area contributed by atoms with Crippen LogP contribution in [0.25, 0.3) is 0 Å². The van der Waals surface area contributed by atoms with Crippen LogP contribution in [-0.4, -0.2) is 88.1 Å². The van der Waals surface area contributed by atoms with Crippen molar-refractivity contribution < 1.29 is 18.8 Å². The van der Waals surface area contributed by atoms with Gasteiger partial charge in [0, 0.05) is 58.1 Å². The van der Waals surface area contributed by atoms with Gasteiger partial charge in [0.25, 0.3) is 0 Å². The molecule has 5 rings (SSSR count). The lowest BCUT2D eigenvalue weighted by atomic mass is 9.71. The number of piperidine rings is 3. The minimum atomic E-state index is -0.355. The Balaban J connectivity index is 1.40. The number of hydrogen-bond acceptors (Lipinski definition) is 7. The van der Waals surface area contributed by atoms with Crippen molar-refractivity contribution in [1.29, 1.82) is 0 Å². The predicted molar refractivity (Wildman–Crippen MR) is 106 cm³/mol. The maximum absolute atomic E-state index is 13.7. The number of rotatable bonds is 3. The first kappa shape index (κ1) is 19.9. The maximum Gasteiger partial charge on any atom is 0.245 e. The smallest absolute Gasteiger partial charge is 0.245 e. The zero-order chi connectivity index (χ0) is 20.7. The maximum atomic E-state index is 13.7. The summed E-state index contributed by atoms with van der Waals surface area (Å²) in [5.74, 6) is 2.08. The summed E-state index contributed by atoms with van der Waals surface area (Å²) in [6, 6.07) is -0.193. The molecule has 0 aliphatic carbocycles. The molecule has 2 amide bonds. The average molecular weight is 418 g/mol. The van der Waals surface area contributed by atoms with Crippen LogP contribution in [0.2, 0.25) is 0 Å². The Morgan fingerprint density at radius 2 is 2.03 bits per heavy atom. The zero-order valence-electron chi connectivity index (χ0n) is 17.7. The van der Waals surface area contributed by atoms with E-state index in [1.54, 1.807) is 6.92 Å². The topological polar surface area (TPSA) is 92.0 Å². The summed E-state index contributed by atoms with van der Waals surface area (Å²) in [6.45, 7) is 6.72. The zero-order valence-corrected chi connectivity index (χ0v) is 17.7. The molecule has 5 heterocycles. The molecule has 9 nitrogen and oxygen atoms in total. The van der Waals surface area contributed by atoms with Gasteiger partial charge in [-0.05, 0) is 31.6 Å². The van der Waals surface area contributed by atoms with Crippen molar-refractivity contribution >= 4 is 11.8 Å². The van der Waals surface area contributed by atoms with Gasteiger partial charge in [-0.15, -0.1) is 0 Å². The Morgan fingerprint density at radius 3 is 2.87 bits per heavy atom. The van der Waals surface area contributed by atoms with Crippen molar-refractivity contribution in [2.24, 2.45) is 11.8 Å². The van der Waals surface area contributed by atoms with Gasteiger partial charge in [-0.3, -0.25) is 14.5 Å². The Morgan fingerprint density at radius 1 is 1.17 bits per heavy atom. The number of aromatic nitrogens is 2. The molecule has 0 unspecified atom stereocenters. The van der Waals surface area contributed by atoms with E-state index >= 15 is 0 Å². The van der Waals surface area contributed by atoms with E-state index in [1.807, 2.05) is 9.80 Å². The van der Waals surface area contributed by atoms with Crippen LogP contribution in [0.3, 0.4) is 0 Å². The molecule has 4 saturated heterocycles. The number of fused-ring (bicyclic) bond motifs is 4. The van der Waals surface area contributed by atoms with E-state index in [-0.39, 0.29) is 29.8 Å². The Bertz CT molecular complexity index is 790. The molecule has 0 spiro atoms. The van der Waals surface area contributed by atoms with Gasteiger partial charge in [0.2, 0.25) is 17.7 Å². The molecule has 30 heavy (non-hydrogen) atoms. The van der Waals surface area contributed by atoms with Gasteiger partial charge in [0.1, 0.15) is 6.04 Å². The molecule has 4 aliphatic rings. The molecule has 9 heteroatoms. The highest BCUT2D eigenvalue weighted by Crippen LogP contribution is 2.42. The number of nitrogens with zero attached hydrogens (tertiary/aromatic N) is 5. The molecule has 164 valence electrons. The van der Waals surface area contributed by atoms with E-state index in [0.717, 1.165) is 38.8 Å². The largest absolute Gasteiger partial charge is 0.380 e.